The molecule has 0 saturated carbocycles. The number of aromatic amines is 1. The number of aryl methyl sites for hydroxylation is 2. The fourth-order valence-corrected chi connectivity index (χ4v) is 4.02. The minimum Gasteiger partial charge on any atom is -0.346 e. The smallest absolute Gasteiger partial charge is 0.240 e. The molecule has 0 fully saturated rings. The number of rotatable bonds is 5. The van der Waals surface area contributed by atoms with E-state index in [2.05, 4.69) is 27.7 Å². The second kappa shape index (κ2) is 6.37. The fraction of sp³-hybridized carbons (Fsp3) is 0.278. The molecule has 24 heavy (non-hydrogen) atoms. The third-order valence-electron chi connectivity index (χ3n) is 4.15. The first-order chi connectivity index (χ1) is 11.5. The number of benzene rings is 1. The topological polar surface area (TPSA) is 74.8 Å². The van der Waals surface area contributed by atoms with Gasteiger partial charge in [-0.15, -0.1) is 0 Å². The van der Waals surface area contributed by atoms with E-state index in [1.54, 1.807) is 19.1 Å². The van der Waals surface area contributed by atoms with Gasteiger partial charge in [-0.1, -0.05) is 19.9 Å². The van der Waals surface area contributed by atoms with Crippen molar-refractivity contribution >= 4 is 21.1 Å². The minimum atomic E-state index is -3.44. The lowest BCUT2D eigenvalue weighted by Gasteiger charge is -2.10. The van der Waals surface area contributed by atoms with Crippen molar-refractivity contribution in [1.29, 1.82) is 0 Å². The van der Waals surface area contributed by atoms with Crippen molar-refractivity contribution in [3.8, 4) is 11.1 Å². The third-order valence-corrected chi connectivity index (χ3v) is 5.69. The average molecular weight is 343 g/mol. The molecule has 2 aromatic heterocycles. The Hall–Kier alpha value is -2.18. The number of nitrogens with zero attached hydrogens (tertiary/aromatic N) is 1. The van der Waals surface area contributed by atoms with Gasteiger partial charge in [-0.05, 0) is 48.2 Å². The summed E-state index contributed by atoms with van der Waals surface area (Å²) in [7, 11) is -3.44. The molecule has 2 heterocycles. The highest BCUT2D eigenvalue weighted by Crippen LogP contribution is 2.28. The molecule has 1 aromatic carbocycles. The Balaban J connectivity index is 2.07. The zero-order chi connectivity index (χ0) is 17.3. The van der Waals surface area contributed by atoms with Crippen LogP contribution >= 0.6 is 0 Å². The van der Waals surface area contributed by atoms with E-state index in [-0.39, 0.29) is 4.90 Å². The van der Waals surface area contributed by atoms with Crippen LogP contribution in [0.2, 0.25) is 0 Å². The van der Waals surface area contributed by atoms with E-state index in [1.807, 2.05) is 25.4 Å². The maximum Gasteiger partial charge on any atom is 0.240 e. The van der Waals surface area contributed by atoms with Crippen molar-refractivity contribution < 1.29 is 8.42 Å². The van der Waals surface area contributed by atoms with Crippen LogP contribution in [-0.4, -0.2) is 24.9 Å². The van der Waals surface area contributed by atoms with Gasteiger partial charge in [0, 0.05) is 29.9 Å². The summed E-state index contributed by atoms with van der Waals surface area (Å²) in [4.78, 5) is 7.95. The van der Waals surface area contributed by atoms with Crippen LogP contribution < -0.4 is 4.72 Å². The van der Waals surface area contributed by atoms with E-state index in [0.29, 0.717) is 6.54 Å². The fourth-order valence-electron chi connectivity index (χ4n) is 2.90. The Morgan fingerprint density at radius 3 is 2.67 bits per heavy atom. The Morgan fingerprint density at radius 1 is 1.21 bits per heavy atom. The molecule has 0 aliphatic heterocycles. The molecule has 0 aliphatic carbocycles. The van der Waals surface area contributed by atoms with Gasteiger partial charge in [0.25, 0.3) is 0 Å². The van der Waals surface area contributed by atoms with Crippen LogP contribution in [0.25, 0.3) is 22.2 Å². The maximum absolute atomic E-state index is 12.1. The van der Waals surface area contributed by atoms with Gasteiger partial charge in [-0.25, -0.2) is 18.1 Å². The molecule has 0 saturated heterocycles. The second-order valence-corrected chi connectivity index (χ2v) is 7.53. The lowest BCUT2D eigenvalue weighted by atomic mass is 10.0. The normalized spacial score (nSPS) is 12.0. The summed E-state index contributed by atoms with van der Waals surface area (Å²) in [6.07, 6.45) is 4.74. The van der Waals surface area contributed by atoms with E-state index in [9.17, 15) is 8.42 Å². The summed E-state index contributed by atoms with van der Waals surface area (Å²) < 4.78 is 26.8. The van der Waals surface area contributed by atoms with Crippen molar-refractivity contribution in [1.82, 2.24) is 14.7 Å². The monoisotopic (exact) mass is 343 g/mol. The van der Waals surface area contributed by atoms with Crippen LogP contribution in [0.1, 0.15) is 25.0 Å². The van der Waals surface area contributed by atoms with Crippen LogP contribution in [0.15, 0.2) is 41.6 Å². The number of sulfonamides is 1. The summed E-state index contributed by atoms with van der Waals surface area (Å²) in [6, 6.07) is 7.30. The van der Waals surface area contributed by atoms with E-state index >= 15 is 0 Å². The quantitative estimate of drug-likeness (QED) is 0.745. The predicted molar refractivity (Wildman–Crippen MR) is 96.5 cm³/mol. The van der Waals surface area contributed by atoms with E-state index < -0.39 is 10.0 Å². The van der Waals surface area contributed by atoms with Gasteiger partial charge in [0.15, 0.2) is 0 Å². The Morgan fingerprint density at radius 2 is 2.00 bits per heavy atom. The van der Waals surface area contributed by atoms with Crippen molar-refractivity contribution in [2.24, 2.45) is 0 Å². The average Bonchev–Trinajstić information content (AvgIpc) is 2.96. The molecular formula is C18H21N3O2S. The molecule has 0 radical (unpaired) electrons. The molecule has 3 rings (SSSR count). The minimum absolute atomic E-state index is 0.288. The standard InChI is InChI=1S/C18H21N3O2S/c1-4-13-10-19-18-17(13)9-14(11-20-18)16-7-6-15(8-12(16)3)24(22,23)21-5-2/h6-11,21H,4-5H2,1-3H3,(H,19,20). The first-order valence-corrected chi connectivity index (χ1v) is 9.51. The Kier molecular flexibility index (Phi) is 4.43. The first-order valence-electron chi connectivity index (χ1n) is 8.03. The van der Waals surface area contributed by atoms with Gasteiger partial charge in [-0.3, -0.25) is 0 Å². The lowest BCUT2D eigenvalue weighted by molar-refractivity contribution is 0.584. The van der Waals surface area contributed by atoms with Gasteiger partial charge < -0.3 is 4.98 Å². The summed E-state index contributed by atoms with van der Waals surface area (Å²) in [5.74, 6) is 0. The molecule has 2 N–H and O–H groups in total. The van der Waals surface area contributed by atoms with Gasteiger partial charge in [-0.2, -0.15) is 0 Å². The number of hydrogen-bond donors (Lipinski definition) is 2. The molecule has 126 valence electrons. The Bertz CT molecular complexity index is 991. The number of pyridine rings is 1. The van der Waals surface area contributed by atoms with Crippen molar-refractivity contribution in [2.75, 3.05) is 6.54 Å². The molecule has 3 aromatic rings. The van der Waals surface area contributed by atoms with Crippen LogP contribution in [0.4, 0.5) is 0 Å². The van der Waals surface area contributed by atoms with Crippen molar-refractivity contribution in [2.45, 2.75) is 32.1 Å². The van der Waals surface area contributed by atoms with Crippen LogP contribution in [0.5, 0.6) is 0 Å². The van der Waals surface area contributed by atoms with Gasteiger partial charge in [0.1, 0.15) is 5.65 Å². The number of nitrogens with one attached hydrogen (secondary N) is 2. The number of fused-ring (bicyclic) bond motifs is 1. The molecule has 0 unspecified atom stereocenters. The number of aromatic nitrogens is 2. The summed E-state index contributed by atoms with van der Waals surface area (Å²) >= 11 is 0. The van der Waals surface area contributed by atoms with Gasteiger partial charge in [0.2, 0.25) is 10.0 Å². The zero-order valence-corrected chi connectivity index (χ0v) is 14.9. The predicted octanol–water partition coefficient (Wildman–Crippen LogP) is 3.40. The molecule has 0 amide bonds. The molecule has 0 bridgehead atoms. The summed E-state index contributed by atoms with van der Waals surface area (Å²) in [5.41, 5.74) is 4.98. The lowest BCUT2D eigenvalue weighted by Crippen LogP contribution is -2.23. The van der Waals surface area contributed by atoms with Crippen molar-refractivity contribution in [3.05, 3.63) is 47.8 Å². The van der Waals surface area contributed by atoms with Crippen LogP contribution in [0, 0.1) is 6.92 Å². The third kappa shape index (κ3) is 2.95. The zero-order valence-electron chi connectivity index (χ0n) is 14.1. The van der Waals surface area contributed by atoms with Crippen LogP contribution in [-0.2, 0) is 16.4 Å². The molecule has 6 heteroatoms. The molecule has 0 aliphatic rings. The van der Waals surface area contributed by atoms with E-state index in [1.165, 1.54) is 5.56 Å². The second-order valence-electron chi connectivity index (χ2n) is 5.77. The van der Waals surface area contributed by atoms with E-state index in [4.69, 9.17) is 0 Å². The molecule has 5 nitrogen and oxygen atoms in total. The Labute approximate surface area is 142 Å². The highest BCUT2D eigenvalue weighted by molar-refractivity contribution is 7.89. The largest absolute Gasteiger partial charge is 0.346 e. The maximum atomic E-state index is 12.1. The number of H-pyrrole nitrogens is 1. The first kappa shape index (κ1) is 16.7. The summed E-state index contributed by atoms with van der Waals surface area (Å²) in [6.45, 7) is 6.17. The molecule has 0 spiro atoms. The SMILES string of the molecule is CCNS(=O)(=O)c1ccc(-c2cnc3[nH]cc(CC)c3c2)c(C)c1. The highest BCUT2D eigenvalue weighted by atomic mass is 32.2. The summed E-state index contributed by atoms with van der Waals surface area (Å²) in [5, 5.41) is 1.11. The van der Waals surface area contributed by atoms with Gasteiger partial charge in [0.05, 0.1) is 4.90 Å². The molecule has 0 atom stereocenters. The van der Waals surface area contributed by atoms with Gasteiger partial charge >= 0.3 is 0 Å². The van der Waals surface area contributed by atoms with Crippen LogP contribution in [0.3, 0.4) is 0 Å². The van der Waals surface area contributed by atoms with E-state index in [0.717, 1.165) is 34.1 Å². The highest BCUT2D eigenvalue weighted by Gasteiger charge is 2.15. The number of hydrogen-bond acceptors (Lipinski definition) is 3. The molecular weight excluding hydrogens is 322 g/mol. The van der Waals surface area contributed by atoms with Crippen molar-refractivity contribution in [3.63, 3.8) is 0 Å².